The largest absolute Gasteiger partial charge is 0.310 e. The molecule has 0 saturated carbocycles. The molecule has 0 spiro atoms. The maximum atomic E-state index is 6.29. The molecule has 1 atom stereocenters. The van der Waals surface area contributed by atoms with Gasteiger partial charge in [0.2, 0.25) is 0 Å². The van der Waals surface area contributed by atoms with Crippen LogP contribution in [0.1, 0.15) is 29.7 Å². The quantitative estimate of drug-likeness (QED) is 0.801. The van der Waals surface area contributed by atoms with E-state index in [1.165, 1.54) is 11.1 Å². The van der Waals surface area contributed by atoms with E-state index in [9.17, 15) is 0 Å². The summed E-state index contributed by atoms with van der Waals surface area (Å²) in [5, 5.41) is 4.94. The Morgan fingerprint density at radius 1 is 1.10 bits per heavy atom. The number of aryl methyl sites for hydroxylation is 1. The zero-order valence-electron chi connectivity index (χ0n) is 11.8. The van der Waals surface area contributed by atoms with Crippen LogP contribution in [0.5, 0.6) is 0 Å². The smallest absolute Gasteiger partial charge is 0.0453 e. The van der Waals surface area contributed by atoms with E-state index in [1.807, 2.05) is 12.1 Å². The number of nitrogens with one attached hydrogen (secondary N) is 1. The Kier molecular flexibility index (Phi) is 5.47. The minimum atomic E-state index is 0.264. The van der Waals surface area contributed by atoms with E-state index in [4.69, 9.17) is 23.2 Å². The van der Waals surface area contributed by atoms with Gasteiger partial charge in [-0.2, -0.15) is 0 Å². The van der Waals surface area contributed by atoms with Crippen LogP contribution < -0.4 is 5.32 Å². The fraction of sp³-hybridized carbons (Fsp3) is 0.294. The van der Waals surface area contributed by atoms with Crippen molar-refractivity contribution < 1.29 is 0 Å². The Hall–Kier alpha value is -1.02. The summed E-state index contributed by atoms with van der Waals surface area (Å²) in [6.45, 7) is 5.18. The Morgan fingerprint density at radius 3 is 2.50 bits per heavy atom. The summed E-state index contributed by atoms with van der Waals surface area (Å²) in [7, 11) is 0. The van der Waals surface area contributed by atoms with E-state index < -0.39 is 0 Å². The van der Waals surface area contributed by atoms with Crippen LogP contribution in [0.25, 0.3) is 0 Å². The third-order valence-corrected chi connectivity index (χ3v) is 4.04. The van der Waals surface area contributed by atoms with E-state index >= 15 is 0 Å². The first-order valence-corrected chi connectivity index (χ1v) is 7.60. The van der Waals surface area contributed by atoms with Crippen LogP contribution in [-0.2, 0) is 6.42 Å². The normalized spacial score (nSPS) is 12.4. The lowest BCUT2D eigenvalue weighted by molar-refractivity contribution is 0.547. The van der Waals surface area contributed by atoms with Gasteiger partial charge in [-0.3, -0.25) is 0 Å². The molecule has 0 amide bonds. The van der Waals surface area contributed by atoms with Gasteiger partial charge in [-0.25, -0.2) is 0 Å². The second kappa shape index (κ2) is 7.12. The van der Waals surface area contributed by atoms with Gasteiger partial charge in [0.05, 0.1) is 0 Å². The number of halogens is 2. The average Bonchev–Trinajstić information content (AvgIpc) is 2.42. The summed E-state index contributed by atoms with van der Waals surface area (Å²) in [4.78, 5) is 0. The zero-order chi connectivity index (χ0) is 14.5. The molecule has 1 nitrogen and oxygen atoms in total. The summed E-state index contributed by atoms with van der Waals surface area (Å²) < 4.78 is 0. The van der Waals surface area contributed by atoms with E-state index in [0.717, 1.165) is 23.6 Å². The predicted molar refractivity (Wildman–Crippen MR) is 87.8 cm³/mol. The highest BCUT2D eigenvalue weighted by Gasteiger charge is 2.14. The highest BCUT2D eigenvalue weighted by molar-refractivity contribution is 6.35. The van der Waals surface area contributed by atoms with Crippen molar-refractivity contribution in [3.8, 4) is 0 Å². The first-order valence-electron chi connectivity index (χ1n) is 6.84. The number of benzene rings is 2. The van der Waals surface area contributed by atoms with E-state index in [-0.39, 0.29) is 6.04 Å². The van der Waals surface area contributed by atoms with Gasteiger partial charge in [-0.15, -0.1) is 0 Å². The maximum Gasteiger partial charge on any atom is 0.0453 e. The molecule has 1 N–H and O–H groups in total. The lowest BCUT2D eigenvalue weighted by Gasteiger charge is -2.21. The highest BCUT2D eigenvalue weighted by Crippen LogP contribution is 2.27. The van der Waals surface area contributed by atoms with Gasteiger partial charge >= 0.3 is 0 Å². The van der Waals surface area contributed by atoms with E-state index in [2.05, 4.69) is 43.4 Å². The van der Waals surface area contributed by atoms with Crippen LogP contribution in [-0.4, -0.2) is 6.54 Å². The zero-order valence-corrected chi connectivity index (χ0v) is 13.3. The number of likely N-dealkylation sites (N-methyl/N-ethyl adjacent to an activating group) is 1. The fourth-order valence-electron chi connectivity index (χ4n) is 2.42. The molecule has 2 aromatic rings. The molecule has 3 heteroatoms. The van der Waals surface area contributed by atoms with Crippen LogP contribution in [0.2, 0.25) is 10.0 Å². The molecule has 0 fully saturated rings. The summed E-state index contributed by atoms with van der Waals surface area (Å²) in [6.07, 6.45) is 0.856. The van der Waals surface area contributed by atoms with Gasteiger partial charge in [0.15, 0.2) is 0 Å². The molecule has 0 heterocycles. The average molecular weight is 308 g/mol. The summed E-state index contributed by atoms with van der Waals surface area (Å²) >= 11 is 12.2. The SMILES string of the molecule is CCNC(Cc1ccc(Cl)cc1Cl)c1ccccc1C. The van der Waals surface area contributed by atoms with Gasteiger partial charge in [-0.1, -0.05) is 60.5 Å². The Bertz CT molecular complexity index is 581. The van der Waals surface area contributed by atoms with Crippen molar-refractivity contribution in [3.63, 3.8) is 0 Å². The molecule has 0 aliphatic rings. The van der Waals surface area contributed by atoms with Crippen molar-refractivity contribution in [2.75, 3.05) is 6.54 Å². The Morgan fingerprint density at radius 2 is 1.85 bits per heavy atom. The van der Waals surface area contributed by atoms with Gasteiger partial charge < -0.3 is 5.32 Å². The van der Waals surface area contributed by atoms with Crippen molar-refractivity contribution in [1.82, 2.24) is 5.32 Å². The molecular formula is C17H19Cl2N. The minimum absolute atomic E-state index is 0.264. The van der Waals surface area contributed by atoms with Gasteiger partial charge in [0.25, 0.3) is 0 Å². The van der Waals surface area contributed by atoms with Crippen molar-refractivity contribution in [1.29, 1.82) is 0 Å². The molecule has 1 unspecified atom stereocenters. The Balaban J connectivity index is 2.28. The molecular weight excluding hydrogens is 289 g/mol. The molecule has 0 aliphatic carbocycles. The van der Waals surface area contributed by atoms with Crippen molar-refractivity contribution in [2.24, 2.45) is 0 Å². The number of hydrogen-bond donors (Lipinski definition) is 1. The van der Waals surface area contributed by atoms with Crippen LogP contribution in [0.3, 0.4) is 0 Å². The molecule has 2 rings (SSSR count). The summed E-state index contributed by atoms with van der Waals surface area (Å²) in [6, 6.07) is 14.4. The number of rotatable bonds is 5. The minimum Gasteiger partial charge on any atom is -0.310 e. The van der Waals surface area contributed by atoms with Gasteiger partial charge in [-0.05, 0) is 48.7 Å². The Labute approximate surface area is 130 Å². The van der Waals surface area contributed by atoms with Gasteiger partial charge in [0.1, 0.15) is 0 Å². The first kappa shape index (κ1) is 15.4. The summed E-state index contributed by atoms with van der Waals surface area (Å²) in [5.41, 5.74) is 3.73. The maximum absolute atomic E-state index is 6.29. The van der Waals surface area contributed by atoms with Crippen molar-refractivity contribution >= 4 is 23.2 Å². The molecule has 0 bridgehead atoms. The molecule has 0 aliphatic heterocycles. The van der Waals surface area contributed by atoms with E-state index in [0.29, 0.717) is 5.02 Å². The van der Waals surface area contributed by atoms with Crippen LogP contribution >= 0.6 is 23.2 Å². The predicted octanol–water partition coefficient (Wildman–Crippen LogP) is 5.20. The summed E-state index contributed by atoms with van der Waals surface area (Å²) in [5.74, 6) is 0. The van der Waals surface area contributed by atoms with Gasteiger partial charge in [0, 0.05) is 16.1 Å². The molecule has 0 radical (unpaired) electrons. The fourth-order valence-corrected chi connectivity index (χ4v) is 2.91. The van der Waals surface area contributed by atoms with Crippen LogP contribution in [0.15, 0.2) is 42.5 Å². The third-order valence-electron chi connectivity index (χ3n) is 3.45. The number of hydrogen-bond acceptors (Lipinski definition) is 1. The standard InChI is InChI=1S/C17H19Cl2N/c1-3-20-17(15-7-5-4-6-12(15)2)10-13-8-9-14(18)11-16(13)19/h4-9,11,17,20H,3,10H2,1-2H3. The van der Waals surface area contributed by atoms with Crippen molar-refractivity contribution in [2.45, 2.75) is 26.3 Å². The first-order chi connectivity index (χ1) is 9.61. The molecule has 0 aromatic heterocycles. The van der Waals surface area contributed by atoms with Crippen LogP contribution in [0.4, 0.5) is 0 Å². The van der Waals surface area contributed by atoms with Crippen molar-refractivity contribution in [3.05, 3.63) is 69.2 Å². The molecule has 106 valence electrons. The molecule has 2 aromatic carbocycles. The highest BCUT2D eigenvalue weighted by atomic mass is 35.5. The lowest BCUT2D eigenvalue weighted by atomic mass is 9.95. The monoisotopic (exact) mass is 307 g/mol. The van der Waals surface area contributed by atoms with Crippen LogP contribution in [0, 0.1) is 6.92 Å². The third kappa shape index (κ3) is 3.76. The molecule has 0 saturated heterocycles. The lowest BCUT2D eigenvalue weighted by Crippen LogP contribution is -2.23. The second-order valence-electron chi connectivity index (χ2n) is 4.91. The van der Waals surface area contributed by atoms with E-state index in [1.54, 1.807) is 6.07 Å². The molecule has 20 heavy (non-hydrogen) atoms. The second-order valence-corrected chi connectivity index (χ2v) is 5.75. The topological polar surface area (TPSA) is 12.0 Å².